The Hall–Kier alpha value is -1.36. The first-order valence-electron chi connectivity index (χ1n) is 6.76. The molecule has 1 aliphatic rings. The molecule has 0 spiro atoms. The maximum Gasteiger partial charge on any atom is 0.246 e. The molecule has 1 saturated heterocycles. The lowest BCUT2D eigenvalue weighted by Crippen LogP contribution is -2.63. The zero-order valence-electron chi connectivity index (χ0n) is 11.9. The normalized spacial score (nSPS) is 23.1. The highest BCUT2D eigenvalue weighted by Crippen LogP contribution is 2.22. The van der Waals surface area contributed by atoms with Crippen LogP contribution in [0, 0.1) is 5.92 Å². The van der Waals surface area contributed by atoms with Gasteiger partial charge < -0.3 is 10.2 Å². The topological polar surface area (TPSA) is 49.4 Å². The van der Waals surface area contributed by atoms with Gasteiger partial charge in [0.15, 0.2) is 0 Å². The van der Waals surface area contributed by atoms with E-state index in [4.69, 9.17) is 0 Å². The molecule has 1 heterocycles. The molecule has 2 atom stereocenters. The van der Waals surface area contributed by atoms with Crippen LogP contribution in [0.4, 0.5) is 0 Å². The Morgan fingerprint density at radius 3 is 2.55 bits per heavy atom. The molecule has 0 aliphatic carbocycles. The lowest BCUT2D eigenvalue weighted by molar-refractivity contribution is -0.150. The fourth-order valence-corrected chi connectivity index (χ4v) is 2.73. The van der Waals surface area contributed by atoms with Crippen molar-refractivity contribution in [1.82, 2.24) is 10.2 Å². The Bertz CT molecular complexity index is 530. The van der Waals surface area contributed by atoms with Crippen LogP contribution < -0.4 is 5.32 Å². The molecule has 1 aromatic rings. The Kier molecular flexibility index (Phi) is 4.48. The van der Waals surface area contributed by atoms with Gasteiger partial charge in [-0.1, -0.05) is 48.0 Å². The molecule has 4 nitrogen and oxygen atoms in total. The number of hydrogen-bond acceptors (Lipinski definition) is 2. The lowest BCUT2D eigenvalue weighted by Gasteiger charge is -2.39. The monoisotopic (exact) mass is 338 g/mol. The first kappa shape index (κ1) is 15.0. The minimum atomic E-state index is -0.440. The fraction of sp³-hybridized carbons (Fsp3) is 0.467. The first-order valence-corrected chi connectivity index (χ1v) is 7.55. The highest BCUT2D eigenvalue weighted by molar-refractivity contribution is 9.10. The third-order valence-corrected chi connectivity index (χ3v) is 4.43. The molecule has 1 aromatic carbocycles. The summed E-state index contributed by atoms with van der Waals surface area (Å²) in [6, 6.07) is 6.89. The van der Waals surface area contributed by atoms with E-state index in [0.717, 1.165) is 10.0 Å². The van der Waals surface area contributed by atoms with Crippen LogP contribution in [0.15, 0.2) is 28.7 Å². The molecular formula is C15H19BrN2O2. The van der Waals surface area contributed by atoms with Gasteiger partial charge in [0.1, 0.15) is 12.1 Å². The quantitative estimate of drug-likeness (QED) is 0.919. The summed E-state index contributed by atoms with van der Waals surface area (Å²) < 4.78 is 0.951. The van der Waals surface area contributed by atoms with Crippen LogP contribution in [0.25, 0.3) is 0 Å². The lowest BCUT2D eigenvalue weighted by atomic mass is 9.98. The minimum Gasteiger partial charge on any atom is -0.342 e. The van der Waals surface area contributed by atoms with Crippen molar-refractivity contribution in [1.29, 1.82) is 0 Å². The van der Waals surface area contributed by atoms with Crippen molar-refractivity contribution in [3.8, 4) is 0 Å². The highest BCUT2D eigenvalue weighted by Gasteiger charge is 2.39. The second kappa shape index (κ2) is 5.95. The zero-order valence-corrected chi connectivity index (χ0v) is 13.5. The van der Waals surface area contributed by atoms with Crippen LogP contribution in [0.1, 0.15) is 26.3 Å². The molecule has 0 radical (unpaired) electrons. The van der Waals surface area contributed by atoms with E-state index in [0.29, 0.717) is 6.54 Å². The summed E-state index contributed by atoms with van der Waals surface area (Å²) in [7, 11) is 0. The number of amides is 2. The zero-order chi connectivity index (χ0) is 14.9. The summed E-state index contributed by atoms with van der Waals surface area (Å²) in [6.07, 6.45) is 0. The third-order valence-electron chi connectivity index (χ3n) is 3.66. The number of carbonyl (C=O) groups is 2. The number of hydrogen-bond donors (Lipinski definition) is 1. The number of rotatable bonds is 3. The van der Waals surface area contributed by atoms with Crippen molar-refractivity contribution in [2.75, 3.05) is 0 Å². The van der Waals surface area contributed by atoms with Crippen molar-refractivity contribution in [3.63, 3.8) is 0 Å². The number of benzene rings is 1. The van der Waals surface area contributed by atoms with Crippen molar-refractivity contribution >= 4 is 27.7 Å². The van der Waals surface area contributed by atoms with Gasteiger partial charge in [0.25, 0.3) is 0 Å². The Labute approximate surface area is 127 Å². The first-order chi connectivity index (χ1) is 9.41. The summed E-state index contributed by atoms with van der Waals surface area (Å²) in [5.41, 5.74) is 1.00. The predicted octanol–water partition coefficient (Wildman–Crippen LogP) is 2.32. The molecule has 2 rings (SSSR count). The molecule has 0 aromatic heterocycles. The molecule has 1 aliphatic heterocycles. The molecule has 0 saturated carbocycles. The van der Waals surface area contributed by atoms with Crippen molar-refractivity contribution in [3.05, 3.63) is 34.3 Å². The average Bonchev–Trinajstić information content (AvgIpc) is 2.40. The smallest absolute Gasteiger partial charge is 0.246 e. The standard InChI is InChI=1S/C15H19BrN2O2/c1-9(2)13-15(20)18(10(3)14(19)17-13)8-11-6-4-5-7-12(11)16/h4-7,9-10,13H,8H2,1-3H3,(H,17,19). The molecule has 5 heteroatoms. The van der Waals surface area contributed by atoms with Gasteiger partial charge in [-0.3, -0.25) is 9.59 Å². The number of piperazine rings is 1. The summed E-state index contributed by atoms with van der Waals surface area (Å²) in [6.45, 7) is 6.09. The van der Waals surface area contributed by atoms with Gasteiger partial charge in [-0.2, -0.15) is 0 Å². The van der Waals surface area contributed by atoms with Crippen molar-refractivity contribution in [2.24, 2.45) is 5.92 Å². The van der Waals surface area contributed by atoms with Gasteiger partial charge in [0.2, 0.25) is 11.8 Å². The van der Waals surface area contributed by atoms with Crippen LogP contribution >= 0.6 is 15.9 Å². The molecule has 0 bridgehead atoms. The molecular weight excluding hydrogens is 320 g/mol. The number of halogens is 1. The van der Waals surface area contributed by atoms with E-state index < -0.39 is 12.1 Å². The van der Waals surface area contributed by atoms with E-state index in [-0.39, 0.29) is 17.7 Å². The molecule has 108 valence electrons. The van der Waals surface area contributed by atoms with E-state index >= 15 is 0 Å². The largest absolute Gasteiger partial charge is 0.342 e. The number of nitrogens with zero attached hydrogens (tertiary/aromatic N) is 1. The van der Waals surface area contributed by atoms with Crippen LogP contribution in [-0.2, 0) is 16.1 Å². The summed E-state index contributed by atoms with van der Waals surface area (Å²) in [5.74, 6) is -0.0149. The summed E-state index contributed by atoms with van der Waals surface area (Å²) in [5, 5.41) is 2.80. The van der Waals surface area contributed by atoms with E-state index in [2.05, 4.69) is 21.2 Å². The fourth-order valence-electron chi connectivity index (χ4n) is 2.32. The molecule has 1 fully saturated rings. The van der Waals surface area contributed by atoms with E-state index in [1.165, 1.54) is 0 Å². The van der Waals surface area contributed by atoms with Gasteiger partial charge >= 0.3 is 0 Å². The van der Waals surface area contributed by atoms with Crippen LogP contribution in [-0.4, -0.2) is 28.8 Å². The van der Waals surface area contributed by atoms with Gasteiger partial charge in [0, 0.05) is 11.0 Å². The SMILES string of the molecule is CC(C)C1NC(=O)C(C)N(Cc2ccccc2Br)C1=O. The van der Waals surface area contributed by atoms with Gasteiger partial charge in [-0.15, -0.1) is 0 Å². The predicted molar refractivity (Wildman–Crippen MR) is 80.9 cm³/mol. The van der Waals surface area contributed by atoms with Gasteiger partial charge in [-0.25, -0.2) is 0 Å². The maximum absolute atomic E-state index is 12.5. The van der Waals surface area contributed by atoms with E-state index in [9.17, 15) is 9.59 Å². The van der Waals surface area contributed by atoms with Crippen LogP contribution in [0.3, 0.4) is 0 Å². The number of carbonyl (C=O) groups excluding carboxylic acids is 2. The summed E-state index contributed by atoms with van der Waals surface area (Å²) >= 11 is 3.48. The summed E-state index contributed by atoms with van der Waals surface area (Å²) in [4.78, 5) is 26.2. The molecule has 2 amide bonds. The minimum absolute atomic E-state index is 0.0112. The molecule has 2 unspecified atom stereocenters. The van der Waals surface area contributed by atoms with Gasteiger partial charge in [0.05, 0.1) is 0 Å². The second-order valence-electron chi connectivity index (χ2n) is 5.46. The second-order valence-corrected chi connectivity index (χ2v) is 6.32. The van der Waals surface area contributed by atoms with E-state index in [1.807, 2.05) is 38.1 Å². The molecule has 1 N–H and O–H groups in total. The Morgan fingerprint density at radius 1 is 1.30 bits per heavy atom. The number of nitrogens with one attached hydrogen (secondary N) is 1. The third kappa shape index (κ3) is 2.87. The average molecular weight is 339 g/mol. The van der Waals surface area contributed by atoms with E-state index in [1.54, 1.807) is 11.8 Å². The highest BCUT2D eigenvalue weighted by atomic mass is 79.9. The Morgan fingerprint density at radius 2 is 1.95 bits per heavy atom. The molecule has 20 heavy (non-hydrogen) atoms. The van der Waals surface area contributed by atoms with Crippen molar-refractivity contribution in [2.45, 2.75) is 39.4 Å². The van der Waals surface area contributed by atoms with Crippen molar-refractivity contribution < 1.29 is 9.59 Å². The van der Waals surface area contributed by atoms with Gasteiger partial charge in [-0.05, 0) is 24.5 Å². The van der Waals surface area contributed by atoms with Crippen LogP contribution in [0.5, 0.6) is 0 Å². The Balaban J connectivity index is 2.26. The van der Waals surface area contributed by atoms with Crippen LogP contribution in [0.2, 0.25) is 0 Å². The maximum atomic E-state index is 12.5.